The third-order valence-electron chi connectivity index (χ3n) is 4.78. The topological polar surface area (TPSA) is 90.8 Å². The number of phenols is 1. The molecule has 0 spiro atoms. The molecule has 6 nitrogen and oxygen atoms in total. The van der Waals surface area contributed by atoms with Crippen LogP contribution in [-0.2, 0) is 0 Å². The summed E-state index contributed by atoms with van der Waals surface area (Å²) >= 11 is 8.00. The van der Waals surface area contributed by atoms with E-state index in [1.807, 2.05) is 5.32 Å². The maximum absolute atomic E-state index is 14.0. The zero-order chi connectivity index (χ0) is 22.3. The molecular weight excluding hydrogens is 489 g/mol. The molecule has 2 aromatic rings. The molecule has 0 radical (unpaired) electrons. The molecule has 0 aromatic heterocycles. The van der Waals surface area contributed by atoms with Crippen molar-refractivity contribution in [2.45, 2.75) is 17.9 Å². The van der Waals surface area contributed by atoms with Crippen LogP contribution in [0.3, 0.4) is 0 Å². The first-order valence-electron chi connectivity index (χ1n) is 8.53. The van der Waals surface area contributed by atoms with E-state index in [1.54, 1.807) is 6.07 Å². The molecule has 1 aliphatic rings. The quantitative estimate of drug-likeness (QED) is 0.374. The van der Waals surface area contributed by atoms with E-state index >= 15 is 0 Å². The highest BCUT2D eigenvalue weighted by molar-refractivity contribution is 9.10. The standard InChI is InChI=1S/C19H16BrF3N2O4S/c1-29-12-8-10(7-11(20)16(12)27)14-13(15(26)9-5-3-2-4-6-9)18(28,19(21,22)23)25-17(30)24-14/h2-8,13-14,27-28H,1H3,(H2,24,25,30)/t13-,14-,18+/m0/s1. The van der Waals surface area contributed by atoms with Gasteiger partial charge in [-0.05, 0) is 45.8 Å². The maximum Gasteiger partial charge on any atom is 0.437 e. The summed E-state index contributed by atoms with van der Waals surface area (Å²) in [5.41, 5.74) is -3.52. The molecule has 11 heteroatoms. The van der Waals surface area contributed by atoms with Crippen LogP contribution >= 0.6 is 28.1 Å². The number of phenolic OH excluding ortho intramolecular Hbond substituents is 1. The van der Waals surface area contributed by atoms with Gasteiger partial charge in [0.25, 0.3) is 0 Å². The Labute approximate surface area is 183 Å². The van der Waals surface area contributed by atoms with E-state index in [9.17, 15) is 28.2 Å². The van der Waals surface area contributed by atoms with Crippen molar-refractivity contribution >= 4 is 39.0 Å². The Hall–Kier alpha value is -2.37. The monoisotopic (exact) mass is 504 g/mol. The number of hydrogen-bond donors (Lipinski definition) is 4. The number of aromatic hydroxyl groups is 1. The fraction of sp³-hybridized carbons (Fsp3) is 0.263. The van der Waals surface area contributed by atoms with Gasteiger partial charge in [0, 0.05) is 5.56 Å². The minimum absolute atomic E-state index is 0.0172. The number of methoxy groups -OCH3 is 1. The number of benzene rings is 2. The average Bonchev–Trinajstić information content (AvgIpc) is 2.68. The first-order valence-corrected chi connectivity index (χ1v) is 9.73. The molecule has 30 heavy (non-hydrogen) atoms. The number of ether oxygens (including phenoxy) is 1. The van der Waals surface area contributed by atoms with Crippen molar-refractivity contribution in [1.82, 2.24) is 10.6 Å². The number of halogens is 4. The number of hydrogen-bond acceptors (Lipinski definition) is 5. The van der Waals surface area contributed by atoms with E-state index in [1.165, 1.54) is 43.5 Å². The van der Waals surface area contributed by atoms with E-state index in [0.717, 1.165) is 0 Å². The molecule has 1 saturated heterocycles. The molecule has 0 amide bonds. The second kappa shape index (κ2) is 8.05. The number of rotatable bonds is 4. The summed E-state index contributed by atoms with van der Waals surface area (Å²) in [6.07, 6.45) is -5.23. The normalized spacial score (nSPS) is 24.0. The van der Waals surface area contributed by atoms with Crippen LogP contribution in [0.5, 0.6) is 11.5 Å². The van der Waals surface area contributed by atoms with Gasteiger partial charge in [-0.15, -0.1) is 0 Å². The lowest BCUT2D eigenvalue weighted by Crippen LogP contribution is -2.72. The zero-order valence-electron chi connectivity index (χ0n) is 15.3. The van der Waals surface area contributed by atoms with E-state index in [-0.39, 0.29) is 27.1 Å². The largest absolute Gasteiger partial charge is 0.503 e. The lowest BCUT2D eigenvalue weighted by molar-refractivity contribution is -0.285. The lowest BCUT2D eigenvalue weighted by Gasteiger charge is -2.46. The van der Waals surface area contributed by atoms with Crippen molar-refractivity contribution in [3.8, 4) is 11.5 Å². The Balaban J connectivity index is 2.22. The molecular formula is C19H16BrF3N2O4S. The van der Waals surface area contributed by atoms with Crippen molar-refractivity contribution in [1.29, 1.82) is 0 Å². The van der Waals surface area contributed by atoms with E-state index in [0.29, 0.717) is 0 Å². The Morgan fingerprint density at radius 3 is 2.47 bits per heavy atom. The lowest BCUT2D eigenvalue weighted by atomic mass is 9.77. The molecule has 4 N–H and O–H groups in total. The van der Waals surface area contributed by atoms with Gasteiger partial charge in [0.05, 0.1) is 17.6 Å². The number of Topliss-reactive ketones (excluding diaryl/α,β-unsaturated/α-hetero) is 1. The fourth-order valence-corrected chi connectivity index (χ4v) is 4.07. The second-order valence-corrected chi connectivity index (χ2v) is 7.86. The van der Waals surface area contributed by atoms with Gasteiger partial charge in [-0.2, -0.15) is 13.2 Å². The molecule has 0 bridgehead atoms. The predicted octanol–water partition coefficient (Wildman–Crippen LogP) is 3.43. The van der Waals surface area contributed by atoms with Gasteiger partial charge < -0.3 is 25.6 Å². The van der Waals surface area contributed by atoms with Crippen LogP contribution in [0.25, 0.3) is 0 Å². The van der Waals surface area contributed by atoms with E-state index < -0.39 is 34.8 Å². The summed E-state index contributed by atoms with van der Waals surface area (Å²) in [6, 6.07) is 8.54. The van der Waals surface area contributed by atoms with Gasteiger partial charge in [-0.25, -0.2) is 0 Å². The summed E-state index contributed by atoms with van der Waals surface area (Å²) < 4.78 is 47.1. The third kappa shape index (κ3) is 3.84. The number of ketones is 1. The molecule has 0 saturated carbocycles. The van der Waals surface area contributed by atoms with Crippen LogP contribution in [0, 0.1) is 5.92 Å². The van der Waals surface area contributed by atoms with Crippen molar-refractivity contribution in [3.63, 3.8) is 0 Å². The number of aliphatic hydroxyl groups is 1. The maximum atomic E-state index is 14.0. The number of nitrogens with one attached hydrogen (secondary N) is 2. The van der Waals surface area contributed by atoms with Crippen LogP contribution in [0.4, 0.5) is 13.2 Å². The summed E-state index contributed by atoms with van der Waals surface area (Å²) in [6.45, 7) is 0. The molecule has 2 aromatic carbocycles. The van der Waals surface area contributed by atoms with Gasteiger partial charge in [0.15, 0.2) is 22.4 Å². The average molecular weight is 505 g/mol. The number of carbonyl (C=O) groups is 1. The van der Waals surface area contributed by atoms with Crippen molar-refractivity contribution in [2.24, 2.45) is 5.92 Å². The Bertz CT molecular complexity index is 990. The SMILES string of the molecule is COc1cc([C@@H]2NC(=S)N[C@](O)(C(F)(F)F)[C@@H]2C(=O)c2ccccc2)cc(Br)c1O. The minimum atomic E-state index is -5.23. The predicted molar refractivity (Wildman–Crippen MR) is 109 cm³/mol. The molecule has 1 fully saturated rings. The third-order valence-corrected chi connectivity index (χ3v) is 5.60. The van der Waals surface area contributed by atoms with Crippen LogP contribution in [0.2, 0.25) is 0 Å². The van der Waals surface area contributed by atoms with Crippen LogP contribution in [0.15, 0.2) is 46.9 Å². The van der Waals surface area contributed by atoms with Crippen LogP contribution < -0.4 is 15.4 Å². The molecule has 0 aliphatic carbocycles. The van der Waals surface area contributed by atoms with Gasteiger partial charge >= 0.3 is 6.18 Å². The van der Waals surface area contributed by atoms with Gasteiger partial charge in [-0.1, -0.05) is 30.3 Å². The molecule has 1 aliphatic heterocycles. The Morgan fingerprint density at radius 1 is 1.27 bits per heavy atom. The first-order chi connectivity index (χ1) is 14.0. The van der Waals surface area contributed by atoms with Crippen LogP contribution in [-0.4, -0.2) is 40.1 Å². The number of carbonyl (C=O) groups excluding carboxylic acids is 1. The second-order valence-electron chi connectivity index (χ2n) is 6.60. The van der Waals surface area contributed by atoms with Crippen molar-refractivity contribution < 1.29 is 32.9 Å². The van der Waals surface area contributed by atoms with Gasteiger partial charge in [0.2, 0.25) is 5.72 Å². The molecule has 1 heterocycles. The Morgan fingerprint density at radius 2 is 1.90 bits per heavy atom. The molecule has 3 atom stereocenters. The first kappa shape index (κ1) is 22.3. The zero-order valence-corrected chi connectivity index (χ0v) is 17.7. The summed E-state index contributed by atoms with van der Waals surface area (Å²) in [5, 5.41) is 24.7. The van der Waals surface area contributed by atoms with E-state index in [2.05, 4.69) is 21.2 Å². The molecule has 0 unspecified atom stereocenters. The molecule has 3 rings (SSSR count). The summed E-state index contributed by atoms with van der Waals surface area (Å²) in [5.74, 6) is -3.30. The fourth-order valence-electron chi connectivity index (χ4n) is 3.33. The summed E-state index contributed by atoms with van der Waals surface area (Å²) in [4.78, 5) is 13.2. The summed E-state index contributed by atoms with van der Waals surface area (Å²) in [7, 11) is 1.27. The number of alkyl halides is 3. The van der Waals surface area contributed by atoms with Gasteiger partial charge in [0.1, 0.15) is 5.92 Å². The van der Waals surface area contributed by atoms with Crippen molar-refractivity contribution in [3.05, 3.63) is 58.1 Å². The highest BCUT2D eigenvalue weighted by atomic mass is 79.9. The number of thiocarbonyl (C=S) groups is 1. The highest BCUT2D eigenvalue weighted by Gasteiger charge is 2.65. The van der Waals surface area contributed by atoms with Crippen molar-refractivity contribution in [2.75, 3.05) is 7.11 Å². The smallest absolute Gasteiger partial charge is 0.437 e. The highest BCUT2D eigenvalue weighted by Crippen LogP contribution is 2.46. The van der Waals surface area contributed by atoms with E-state index in [4.69, 9.17) is 17.0 Å². The van der Waals surface area contributed by atoms with Gasteiger partial charge in [-0.3, -0.25) is 4.79 Å². The van der Waals surface area contributed by atoms with Crippen LogP contribution in [0.1, 0.15) is 22.0 Å². The Kier molecular flexibility index (Phi) is 5.99. The minimum Gasteiger partial charge on any atom is -0.503 e. The molecule has 160 valence electrons.